The van der Waals surface area contributed by atoms with Crippen molar-refractivity contribution in [3.63, 3.8) is 0 Å². The van der Waals surface area contributed by atoms with E-state index in [9.17, 15) is 0 Å². The number of nitrogens with zero attached hydrogens (tertiary/aromatic N) is 2. The van der Waals surface area contributed by atoms with E-state index in [4.69, 9.17) is 14.2 Å². The Labute approximate surface area is 124 Å². The highest BCUT2D eigenvalue weighted by Crippen LogP contribution is 2.39. The van der Waals surface area contributed by atoms with E-state index in [0.717, 1.165) is 12.2 Å². The van der Waals surface area contributed by atoms with E-state index in [1.54, 1.807) is 32.4 Å². The molecule has 21 heavy (non-hydrogen) atoms. The molecule has 112 valence electrons. The fourth-order valence-corrected chi connectivity index (χ4v) is 1.77. The third-order valence-electron chi connectivity index (χ3n) is 2.84. The van der Waals surface area contributed by atoms with Gasteiger partial charge >= 0.3 is 0 Å². The fraction of sp³-hybridized carbons (Fsp3) is 0.333. The zero-order valence-corrected chi connectivity index (χ0v) is 12.4. The lowest BCUT2D eigenvalue weighted by Gasteiger charge is -2.12. The van der Waals surface area contributed by atoms with Crippen LogP contribution in [0.5, 0.6) is 23.1 Å². The zero-order valence-electron chi connectivity index (χ0n) is 12.4. The van der Waals surface area contributed by atoms with Crippen molar-refractivity contribution >= 4 is 0 Å². The molecule has 0 atom stereocenters. The number of nitrogens with one attached hydrogen (secondary N) is 1. The van der Waals surface area contributed by atoms with Crippen LogP contribution in [0.4, 0.5) is 0 Å². The maximum absolute atomic E-state index is 5.74. The van der Waals surface area contributed by atoms with Gasteiger partial charge in [0.05, 0.1) is 19.9 Å². The van der Waals surface area contributed by atoms with Crippen molar-refractivity contribution in [2.75, 3.05) is 20.8 Å². The Morgan fingerprint density at radius 1 is 1.00 bits per heavy atom. The van der Waals surface area contributed by atoms with Gasteiger partial charge in [0, 0.05) is 12.6 Å². The predicted molar refractivity (Wildman–Crippen MR) is 79.0 cm³/mol. The summed E-state index contributed by atoms with van der Waals surface area (Å²) < 4.78 is 16.3. The van der Waals surface area contributed by atoms with Crippen LogP contribution < -0.4 is 19.5 Å². The largest absolute Gasteiger partial charge is 0.493 e. The van der Waals surface area contributed by atoms with Crippen LogP contribution in [-0.4, -0.2) is 31.0 Å². The molecule has 0 spiro atoms. The monoisotopic (exact) mass is 289 g/mol. The van der Waals surface area contributed by atoms with E-state index in [1.807, 2.05) is 19.1 Å². The molecule has 6 heteroatoms. The Morgan fingerprint density at radius 3 is 2.24 bits per heavy atom. The minimum Gasteiger partial charge on any atom is -0.493 e. The number of para-hydroxylation sites is 1. The minimum atomic E-state index is 0.387. The first kappa shape index (κ1) is 15.1. The standard InChI is InChI=1S/C15H19N3O3/c1-4-16-10-11-8-9-14(18-17-11)21-15-12(19-2)6-5-7-13(15)20-3/h5-9,16H,4,10H2,1-3H3. The smallest absolute Gasteiger partial charge is 0.239 e. The minimum absolute atomic E-state index is 0.387. The van der Waals surface area contributed by atoms with Gasteiger partial charge in [-0.2, -0.15) is 5.10 Å². The lowest BCUT2D eigenvalue weighted by Crippen LogP contribution is -2.13. The second kappa shape index (κ2) is 7.44. The number of ether oxygens (including phenoxy) is 3. The lowest BCUT2D eigenvalue weighted by atomic mass is 10.3. The Kier molecular flexibility index (Phi) is 5.34. The van der Waals surface area contributed by atoms with Gasteiger partial charge in [-0.15, -0.1) is 5.10 Å². The summed E-state index contributed by atoms with van der Waals surface area (Å²) in [4.78, 5) is 0. The Balaban J connectivity index is 2.18. The Hall–Kier alpha value is -2.34. The van der Waals surface area contributed by atoms with Crippen LogP contribution >= 0.6 is 0 Å². The molecule has 2 aromatic rings. The topological polar surface area (TPSA) is 65.5 Å². The van der Waals surface area contributed by atoms with Crippen LogP contribution in [0, 0.1) is 0 Å². The van der Waals surface area contributed by atoms with E-state index in [0.29, 0.717) is 29.7 Å². The maximum atomic E-state index is 5.74. The first-order valence-corrected chi connectivity index (χ1v) is 6.70. The van der Waals surface area contributed by atoms with Gasteiger partial charge in [-0.05, 0) is 24.7 Å². The molecular formula is C15H19N3O3. The van der Waals surface area contributed by atoms with Crippen LogP contribution in [0.1, 0.15) is 12.6 Å². The average Bonchev–Trinajstić information content (AvgIpc) is 2.54. The quantitative estimate of drug-likeness (QED) is 0.844. The molecule has 0 radical (unpaired) electrons. The number of hydrogen-bond acceptors (Lipinski definition) is 6. The van der Waals surface area contributed by atoms with Crippen LogP contribution in [0.2, 0.25) is 0 Å². The van der Waals surface area contributed by atoms with Gasteiger partial charge in [0.1, 0.15) is 0 Å². The van der Waals surface area contributed by atoms with Gasteiger partial charge in [-0.1, -0.05) is 13.0 Å². The molecule has 0 aliphatic rings. The van der Waals surface area contributed by atoms with Gasteiger partial charge in [-0.3, -0.25) is 0 Å². The first-order chi connectivity index (χ1) is 10.3. The van der Waals surface area contributed by atoms with Gasteiger partial charge in [0.15, 0.2) is 11.5 Å². The van der Waals surface area contributed by atoms with E-state index in [-0.39, 0.29) is 0 Å². The maximum Gasteiger partial charge on any atom is 0.239 e. The first-order valence-electron chi connectivity index (χ1n) is 6.70. The predicted octanol–water partition coefficient (Wildman–Crippen LogP) is 2.40. The average molecular weight is 289 g/mol. The molecule has 1 heterocycles. The fourth-order valence-electron chi connectivity index (χ4n) is 1.77. The Bertz CT molecular complexity index is 551. The van der Waals surface area contributed by atoms with Crippen molar-refractivity contribution in [2.24, 2.45) is 0 Å². The van der Waals surface area contributed by atoms with Crippen LogP contribution in [0.15, 0.2) is 30.3 Å². The van der Waals surface area contributed by atoms with Crippen LogP contribution in [0.3, 0.4) is 0 Å². The van der Waals surface area contributed by atoms with Gasteiger partial charge < -0.3 is 19.5 Å². The molecule has 0 aliphatic heterocycles. The van der Waals surface area contributed by atoms with E-state index in [1.165, 1.54) is 0 Å². The number of hydrogen-bond donors (Lipinski definition) is 1. The van der Waals surface area contributed by atoms with Crippen molar-refractivity contribution < 1.29 is 14.2 Å². The number of methoxy groups -OCH3 is 2. The second-order valence-corrected chi connectivity index (χ2v) is 4.24. The highest BCUT2D eigenvalue weighted by molar-refractivity contribution is 5.52. The van der Waals surface area contributed by atoms with Crippen molar-refractivity contribution in [2.45, 2.75) is 13.5 Å². The SMILES string of the molecule is CCNCc1ccc(Oc2c(OC)cccc2OC)nn1. The molecule has 1 N–H and O–H groups in total. The number of aromatic nitrogens is 2. The summed E-state index contributed by atoms with van der Waals surface area (Å²) in [5.74, 6) is 2.02. The lowest BCUT2D eigenvalue weighted by molar-refractivity contribution is 0.340. The summed E-state index contributed by atoms with van der Waals surface area (Å²) in [6.45, 7) is 3.61. The molecular weight excluding hydrogens is 270 g/mol. The molecule has 1 aromatic carbocycles. The van der Waals surface area contributed by atoms with Crippen LogP contribution in [0.25, 0.3) is 0 Å². The molecule has 0 bridgehead atoms. The molecule has 6 nitrogen and oxygen atoms in total. The highest BCUT2D eigenvalue weighted by Gasteiger charge is 2.13. The van der Waals surface area contributed by atoms with E-state index < -0.39 is 0 Å². The summed E-state index contributed by atoms with van der Waals surface area (Å²) in [6.07, 6.45) is 0. The van der Waals surface area contributed by atoms with Crippen molar-refractivity contribution in [3.8, 4) is 23.1 Å². The van der Waals surface area contributed by atoms with Gasteiger partial charge in [0.25, 0.3) is 0 Å². The van der Waals surface area contributed by atoms with E-state index in [2.05, 4.69) is 15.5 Å². The van der Waals surface area contributed by atoms with Crippen LogP contribution in [-0.2, 0) is 6.54 Å². The van der Waals surface area contributed by atoms with Crippen molar-refractivity contribution in [1.82, 2.24) is 15.5 Å². The molecule has 0 fully saturated rings. The molecule has 1 aromatic heterocycles. The molecule has 2 rings (SSSR count). The normalized spacial score (nSPS) is 10.2. The highest BCUT2D eigenvalue weighted by atomic mass is 16.5. The van der Waals surface area contributed by atoms with Crippen molar-refractivity contribution in [1.29, 1.82) is 0 Å². The molecule has 0 unspecified atom stereocenters. The molecule has 0 aliphatic carbocycles. The summed E-state index contributed by atoms with van der Waals surface area (Å²) in [7, 11) is 3.15. The van der Waals surface area contributed by atoms with Gasteiger partial charge in [-0.25, -0.2) is 0 Å². The van der Waals surface area contributed by atoms with E-state index >= 15 is 0 Å². The molecule has 0 saturated heterocycles. The zero-order chi connectivity index (χ0) is 15.1. The summed E-state index contributed by atoms with van der Waals surface area (Å²) in [5, 5.41) is 11.3. The van der Waals surface area contributed by atoms with Crippen molar-refractivity contribution in [3.05, 3.63) is 36.0 Å². The molecule has 0 amide bonds. The van der Waals surface area contributed by atoms with Gasteiger partial charge in [0.2, 0.25) is 11.6 Å². The summed E-state index contributed by atoms with van der Waals surface area (Å²) >= 11 is 0. The number of benzene rings is 1. The molecule has 0 saturated carbocycles. The summed E-state index contributed by atoms with van der Waals surface area (Å²) in [6, 6.07) is 9.06. The summed E-state index contributed by atoms with van der Waals surface area (Å²) in [5.41, 5.74) is 0.858. The second-order valence-electron chi connectivity index (χ2n) is 4.24. The third-order valence-corrected chi connectivity index (χ3v) is 2.84. The number of rotatable bonds is 7. The third kappa shape index (κ3) is 3.82. The Morgan fingerprint density at radius 2 is 1.71 bits per heavy atom.